The van der Waals surface area contributed by atoms with Crippen LogP contribution in [0.15, 0.2) is 66.9 Å². The second-order valence-electron chi connectivity index (χ2n) is 5.53. The number of rotatable bonds is 6. The van der Waals surface area contributed by atoms with E-state index in [9.17, 15) is 4.79 Å². The van der Waals surface area contributed by atoms with Crippen molar-refractivity contribution in [3.05, 3.63) is 83.1 Å². The fraction of sp³-hybridized carbons (Fsp3) is 0.100. The Labute approximate surface area is 157 Å². The van der Waals surface area contributed by atoms with Gasteiger partial charge in [-0.25, -0.2) is 0 Å². The van der Waals surface area contributed by atoms with Crippen molar-refractivity contribution in [3.63, 3.8) is 0 Å². The molecule has 0 aliphatic rings. The number of methoxy groups -OCH3 is 1. The normalized spacial score (nSPS) is 10.2. The maximum Gasteiger partial charge on any atom is 0.270 e. The molecule has 0 aliphatic heterocycles. The minimum absolute atomic E-state index is 0.270. The smallest absolute Gasteiger partial charge is 0.270 e. The SMILES string of the molecule is COc1ccccc1Nc1ccnc(C(=O)NCc2ccccc2Cl)c1. The molecule has 0 fully saturated rings. The summed E-state index contributed by atoms with van der Waals surface area (Å²) in [6.07, 6.45) is 1.59. The molecule has 26 heavy (non-hydrogen) atoms. The molecular formula is C20H18ClN3O2. The second kappa shape index (κ2) is 8.36. The molecule has 1 aromatic heterocycles. The molecule has 5 nitrogen and oxygen atoms in total. The Morgan fingerprint density at radius 2 is 1.88 bits per heavy atom. The maximum absolute atomic E-state index is 12.4. The molecule has 2 N–H and O–H groups in total. The third-order valence-corrected chi connectivity index (χ3v) is 4.14. The number of nitrogens with zero attached hydrogens (tertiary/aromatic N) is 1. The molecule has 2 aromatic carbocycles. The third kappa shape index (κ3) is 4.32. The average Bonchev–Trinajstić information content (AvgIpc) is 2.68. The number of para-hydroxylation sites is 2. The number of halogens is 1. The van der Waals surface area contributed by atoms with Crippen LogP contribution in [0, 0.1) is 0 Å². The molecule has 0 unspecified atom stereocenters. The molecule has 0 saturated heterocycles. The highest BCUT2D eigenvalue weighted by Gasteiger charge is 2.10. The van der Waals surface area contributed by atoms with Crippen molar-refractivity contribution in [2.75, 3.05) is 12.4 Å². The number of hydrogen-bond donors (Lipinski definition) is 2. The summed E-state index contributed by atoms with van der Waals surface area (Å²) < 4.78 is 5.32. The van der Waals surface area contributed by atoms with Gasteiger partial charge in [-0.15, -0.1) is 0 Å². The van der Waals surface area contributed by atoms with Crippen LogP contribution < -0.4 is 15.4 Å². The fourth-order valence-electron chi connectivity index (χ4n) is 2.44. The van der Waals surface area contributed by atoms with Crippen LogP contribution in [0.2, 0.25) is 5.02 Å². The molecule has 132 valence electrons. The van der Waals surface area contributed by atoms with Crippen molar-refractivity contribution >= 4 is 28.9 Å². The van der Waals surface area contributed by atoms with E-state index in [0.717, 1.165) is 16.9 Å². The van der Waals surface area contributed by atoms with Gasteiger partial charge in [-0.1, -0.05) is 41.9 Å². The minimum atomic E-state index is -0.270. The Balaban J connectivity index is 1.70. The Morgan fingerprint density at radius 3 is 2.69 bits per heavy atom. The predicted octanol–water partition coefficient (Wildman–Crippen LogP) is 4.42. The Bertz CT molecular complexity index is 915. The number of nitrogens with one attached hydrogen (secondary N) is 2. The molecular weight excluding hydrogens is 350 g/mol. The van der Waals surface area contributed by atoms with Crippen LogP contribution in [0.5, 0.6) is 5.75 Å². The van der Waals surface area contributed by atoms with Gasteiger partial charge in [-0.3, -0.25) is 9.78 Å². The first-order valence-electron chi connectivity index (χ1n) is 8.05. The van der Waals surface area contributed by atoms with Crippen molar-refractivity contribution in [1.82, 2.24) is 10.3 Å². The summed E-state index contributed by atoms with van der Waals surface area (Å²) in [7, 11) is 1.61. The van der Waals surface area contributed by atoms with E-state index < -0.39 is 0 Å². The van der Waals surface area contributed by atoms with Crippen molar-refractivity contribution in [3.8, 4) is 5.75 Å². The number of benzene rings is 2. The molecule has 6 heteroatoms. The molecule has 1 amide bonds. The van der Waals surface area contributed by atoms with E-state index in [4.69, 9.17) is 16.3 Å². The van der Waals surface area contributed by atoms with Gasteiger partial charge < -0.3 is 15.4 Å². The van der Waals surface area contributed by atoms with Gasteiger partial charge >= 0.3 is 0 Å². The summed E-state index contributed by atoms with van der Waals surface area (Å²) in [5.41, 5.74) is 2.72. The molecule has 3 aromatic rings. The zero-order valence-electron chi connectivity index (χ0n) is 14.2. The van der Waals surface area contributed by atoms with Gasteiger partial charge in [0, 0.05) is 23.5 Å². The number of carbonyl (C=O) groups is 1. The molecule has 0 bridgehead atoms. The van der Waals surface area contributed by atoms with Crippen LogP contribution in [0.1, 0.15) is 16.1 Å². The summed E-state index contributed by atoms with van der Waals surface area (Å²) in [6, 6.07) is 18.4. The van der Waals surface area contributed by atoms with Gasteiger partial charge in [0.2, 0.25) is 0 Å². The van der Waals surface area contributed by atoms with Crippen LogP contribution >= 0.6 is 11.6 Å². The quantitative estimate of drug-likeness (QED) is 0.677. The first kappa shape index (κ1) is 17.8. The molecule has 0 saturated carbocycles. The highest BCUT2D eigenvalue weighted by Crippen LogP contribution is 2.27. The van der Waals surface area contributed by atoms with E-state index in [1.54, 1.807) is 31.5 Å². The maximum atomic E-state index is 12.4. The summed E-state index contributed by atoms with van der Waals surface area (Å²) in [5, 5.41) is 6.68. The molecule has 0 atom stereocenters. The van der Waals surface area contributed by atoms with Crippen molar-refractivity contribution < 1.29 is 9.53 Å². The lowest BCUT2D eigenvalue weighted by Crippen LogP contribution is -2.24. The largest absolute Gasteiger partial charge is 0.495 e. The fourth-order valence-corrected chi connectivity index (χ4v) is 2.65. The Morgan fingerprint density at radius 1 is 1.12 bits per heavy atom. The average molecular weight is 368 g/mol. The van der Waals surface area contributed by atoms with Crippen molar-refractivity contribution in [2.45, 2.75) is 6.54 Å². The number of ether oxygens (including phenoxy) is 1. The van der Waals surface area contributed by atoms with Gasteiger partial charge in [0.1, 0.15) is 11.4 Å². The highest BCUT2D eigenvalue weighted by molar-refractivity contribution is 6.31. The van der Waals surface area contributed by atoms with Crippen molar-refractivity contribution in [2.24, 2.45) is 0 Å². The van der Waals surface area contributed by atoms with E-state index in [1.165, 1.54) is 0 Å². The minimum Gasteiger partial charge on any atom is -0.495 e. The van der Waals surface area contributed by atoms with Gasteiger partial charge in [0.25, 0.3) is 5.91 Å². The van der Waals surface area contributed by atoms with Gasteiger partial charge in [0.05, 0.1) is 12.8 Å². The number of anilines is 2. The number of amides is 1. The van der Waals surface area contributed by atoms with Gasteiger partial charge in [-0.05, 0) is 35.9 Å². The van der Waals surface area contributed by atoms with Crippen LogP contribution in [0.25, 0.3) is 0 Å². The lowest BCUT2D eigenvalue weighted by Gasteiger charge is -2.12. The summed E-state index contributed by atoms with van der Waals surface area (Å²) in [6.45, 7) is 0.338. The molecule has 3 rings (SSSR count). The zero-order valence-corrected chi connectivity index (χ0v) is 15.0. The van der Waals surface area contributed by atoms with Crippen LogP contribution in [0.4, 0.5) is 11.4 Å². The molecule has 0 aliphatic carbocycles. The number of hydrogen-bond acceptors (Lipinski definition) is 4. The van der Waals surface area contributed by atoms with E-state index >= 15 is 0 Å². The van der Waals surface area contributed by atoms with Crippen LogP contribution in [-0.2, 0) is 6.54 Å². The number of pyridine rings is 1. The Kier molecular flexibility index (Phi) is 5.71. The van der Waals surface area contributed by atoms with Crippen LogP contribution in [0.3, 0.4) is 0 Å². The van der Waals surface area contributed by atoms with E-state index in [2.05, 4.69) is 15.6 Å². The third-order valence-electron chi connectivity index (χ3n) is 3.78. The summed E-state index contributed by atoms with van der Waals surface area (Å²) >= 11 is 6.11. The number of aromatic nitrogens is 1. The van der Waals surface area contributed by atoms with Gasteiger partial charge in [0.15, 0.2) is 0 Å². The van der Waals surface area contributed by atoms with E-state index in [1.807, 2.05) is 42.5 Å². The highest BCUT2D eigenvalue weighted by atomic mass is 35.5. The van der Waals surface area contributed by atoms with E-state index in [-0.39, 0.29) is 5.91 Å². The monoisotopic (exact) mass is 367 g/mol. The molecule has 1 heterocycles. The summed E-state index contributed by atoms with van der Waals surface area (Å²) in [4.78, 5) is 16.5. The Hall–Kier alpha value is -3.05. The lowest BCUT2D eigenvalue weighted by atomic mass is 10.2. The van der Waals surface area contributed by atoms with E-state index in [0.29, 0.717) is 23.0 Å². The lowest BCUT2D eigenvalue weighted by molar-refractivity contribution is 0.0946. The summed E-state index contributed by atoms with van der Waals surface area (Å²) in [5.74, 6) is 0.447. The zero-order chi connectivity index (χ0) is 18.4. The first-order valence-corrected chi connectivity index (χ1v) is 8.43. The van der Waals surface area contributed by atoms with Gasteiger partial charge in [-0.2, -0.15) is 0 Å². The molecule has 0 radical (unpaired) electrons. The van der Waals surface area contributed by atoms with Crippen molar-refractivity contribution in [1.29, 1.82) is 0 Å². The number of carbonyl (C=O) groups excluding carboxylic acids is 1. The predicted molar refractivity (Wildman–Crippen MR) is 103 cm³/mol. The first-order chi connectivity index (χ1) is 12.7. The molecule has 0 spiro atoms. The topological polar surface area (TPSA) is 63.2 Å². The van der Waals surface area contributed by atoms with Crippen LogP contribution in [-0.4, -0.2) is 18.0 Å². The standard InChI is InChI=1S/C20H18ClN3O2/c1-26-19-9-5-4-8-17(19)24-15-10-11-22-18(12-15)20(25)23-13-14-6-2-3-7-16(14)21/h2-12H,13H2,1H3,(H,22,24)(H,23,25). The second-order valence-corrected chi connectivity index (χ2v) is 5.94.